The molecular formula is C11H8BrN3S. The maximum atomic E-state index is 9.00. The first kappa shape index (κ1) is 11.2. The van der Waals surface area contributed by atoms with E-state index in [1.165, 1.54) is 11.8 Å². The van der Waals surface area contributed by atoms with Crippen molar-refractivity contribution in [3.63, 3.8) is 0 Å². The summed E-state index contributed by atoms with van der Waals surface area (Å²) in [4.78, 5) is 5.13. The number of rotatable bonds is 2. The van der Waals surface area contributed by atoms with Crippen LogP contribution < -0.4 is 0 Å². The summed E-state index contributed by atoms with van der Waals surface area (Å²) >= 11 is 4.88. The van der Waals surface area contributed by atoms with Crippen molar-refractivity contribution in [1.29, 1.82) is 5.26 Å². The van der Waals surface area contributed by atoms with E-state index in [0.717, 1.165) is 14.5 Å². The lowest BCUT2D eigenvalue weighted by Crippen LogP contribution is -1.89. The Morgan fingerprint density at radius 2 is 2.31 bits per heavy atom. The van der Waals surface area contributed by atoms with E-state index in [0.29, 0.717) is 5.56 Å². The van der Waals surface area contributed by atoms with Crippen molar-refractivity contribution >= 4 is 27.7 Å². The Morgan fingerprint density at radius 3 is 2.94 bits per heavy atom. The van der Waals surface area contributed by atoms with Gasteiger partial charge < -0.3 is 4.57 Å². The van der Waals surface area contributed by atoms with E-state index in [-0.39, 0.29) is 0 Å². The van der Waals surface area contributed by atoms with Crippen LogP contribution in [0.1, 0.15) is 5.56 Å². The summed E-state index contributed by atoms with van der Waals surface area (Å²) < 4.78 is 2.88. The zero-order chi connectivity index (χ0) is 11.5. The van der Waals surface area contributed by atoms with Crippen LogP contribution in [-0.2, 0) is 7.05 Å². The molecule has 0 atom stereocenters. The van der Waals surface area contributed by atoms with Gasteiger partial charge in [0.2, 0.25) is 0 Å². The molecule has 80 valence electrons. The number of nitriles is 1. The van der Waals surface area contributed by atoms with Gasteiger partial charge in [-0.2, -0.15) is 5.26 Å². The lowest BCUT2D eigenvalue weighted by Gasteiger charge is -2.04. The molecule has 3 nitrogen and oxygen atoms in total. The first-order chi connectivity index (χ1) is 7.70. The van der Waals surface area contributed by atoms with E-state index in [4.69, 9.17) is 5.26 Å². The number of imidazole rings is 1. The van der Waals surface area contributed by atoms with E-state index in [9.17, 15) is 0 Å². The van der Waals surface area contributed by atoms with E-state index in [1.54, 1.807) is 12.3 Å². The standard InChI is InChI=1S/C11H8BrN3S/c1-15-5-4-14-11(15)16-10-6-9(12)3-2-8(10)7-13/h2-6H,1H3. The third-order valence-electron chi connectivity index (χ3n) is 2.04. The number of hydrogen-bond donors (Lipinski definition) is 0. The van der Waals surface area contributed by atoms with Gasteiger partial charge in [-0.3, -0.25) is 0 Å². The predicted octanol–water partition coefficient (Wildman–Crippen LogP) is 3.21. The van der Waals surface area contributed by atoms with Crippen molar-refractivity contribution in [2.24, 2.45) is 7.05 Å². The van der Waals surface area contributed by atoms with Crippen LogP contribution in [0.2, 0.25) is 0 Å². The SMILES string of the molecule is Cn1ccnc1Sc1cc(Br)ccc1C#N. The fraction of sp³-hybridized carbons (Fsp3) is 0.0909. The highest BCUT2D eigenvalue weighted by Gasteiger charge is 2.07. The Balaban J connectivity index is 2.38. The molecule has 0 aliphatic rings. The Hall–Kier alpha value is -1.25. The molecule has 2 rings (SSSR count). The third-order valence-corrected chi connectivity index (χ3v) is 3.67. The fourth-order valence-corrected chi connectivity index (χ4v) is 2.66. The normalized spacial score (nSPS) is 10.1. The second-order valence-corrected chi connectivity index (χ2v) is 5.10. The summed E-state index contributed by atoms with van der Waals surface area (Å²) in [7, 11) is 1.93. The molecule has 2 aromatic rings. The predicted molar refractivity (Wildman–Crippen MR) is 66.2 cm³/mol. The van der Waals surface area contributed by atoms with Crippen LogP contribution in [-0.4, -0.2) is 9.55 Å². The number of aryl methyl sites for hydroxylation is 1. The lowest BCUT2D eigenvalue weighted by molar-refractivity contribution is 0.790. The summed E-state index contributed by atoms with van der Waals surface area (Å²) in [5.74, 6) is 0. The van der Waals surface area contributed by atoms with Crippen molar-refractivity contribution in [3.05, 3.63) is 40.6 Å². The van der Waals surface area contributed by atoms with E-state index < -0.39 is 0 Å². The molecule has 0 radical (unpaired) electrons. The van der Waals surface area contributed by atoms with Crippen molar-refractivity contribution < 1.29 is 0 Å². The summed E-state index contributed by atoms with van der Waals surface area (Å²) in [6.45, 7) is 0. The van der Waals surface area contributed by atoms with Gasteiger partial charge in [0.15, 0.2) is 5.16 Å². The van der Waals surface area contributed by atoms with Crippen LogP contribution in [0, 0.1) is 11.3 Å². The van der Waals surface area contributed by atoms with Gasteiger partial charge in [0.25, 0.3) is 0 Å². The van der Waals surface area contributed by atoms with Gasteiger partial charge in [-0.1, -0.05) is 27.7 Å². The van der Waals surface area contributed by atoms with Gasteiger partial charge in [0.1, 0.15) is 6.07 Å². The molecule has 0 bridgehead atoms. The van der Waals surface area contributed by atoms with Gasteiger partial charge in [-0.25, -0.2) is 4.98 Å². The molecule has 1 heterocycles. The van der Waals surface area contributed by atoms with E-state index in [1.807, 2.05) is 29.9 Å². The largest absolute Gasteiger partial charge is 0.329 e. The van der Waals surface area contributed by atoms with Crippen LogP contribution in [0.15, 0.2) is 45.1 Å². The molecule has 0 aliphatic heterocycles. The molecule has 16 heavy (non-hydrogen) atoms. The Morgan fingerprint density at radius 1 is 1.50 bits per heavy atom. The van der Waals surface area contributed by atoms with Crippen LogP contribution in [0.5, 0.6) is 0 Å². The average Bonchev–Trinajstić information content (AvgIpc) is 2.65. The summed E-state index contributed by atoms with van der Waals surface area (Å²) in [5, 5.41) is 9.87. The Labute approximate surface area is 106 Å². The zero-order valence-electron chi connectivity index (χ0n) is 8.51. The monoisotopic (exact) mass is 293 g/mol. The van der Waals surface area contributed by atoms with Crippen LogP contribution >= 0.6 is 27.7 Å². The minimum atomic E-state index is 0.663. The van der Waals surface area contributed by atoms with Gasteiger partial charge in [0, 0.05) is 28.8 Å². The van der Waals surface area contributed by atoms with Crippen molar-refractivity contribution in [2.45, 2.75) is 10.1 Å². The smallest absolute Gasteiger partial charge is 0.172 e. The number of nitrogens with zero attached hydrogens (tertiary/aromatic N) is 3. The quantitative estimate of drug-likeness (QED) is 0.854. The minimum absolute atomic E-state index is 0.663. The molecular weight excluding hydrogens is 286 g/mol. The number of benzene rings is 1. The summed E-state index contributed by atoms with van der Waals surface area (Å²) in [5.41, 5.74) is 0.663. The highest BCUT2D eigenvalue weighted by molar-refractivity contribution is 9.10. The van der Waals surface area contributed by atoms with Gasteiger partial charge in [0.05, 0.1) is 5.56 Å². The minimum Gasteiger partial charge on any atom is -0.329 e. The van der Waals surface area contributed by atoms with Crippen LogP contribution in [0.4, 0.5) is 0 Å². The number of hydrogen-bond acceptors (Lipinski definition) is 3. The zero-order valence-corrected chi connectivity index (χ0v) is 10.9. The first-order valence-corrected chi connectivity index (χ1v) is 6.16. The molecule has 1 aromatic heterocycles. The number of halogens is 1. The molecule has 0 aliphatic carbocycles. The summed E-state index contributed by atoms with van der Waals surface area (Å²) in [6, 6.07) is 7.77. The van der Waals surface area contributed by atoms with E-state index >= 15 is 0 Å². The first-order valence-electron chi connectivity index (χ1n) is 4.55. The second-order valence-electron chi connectivity index (χ2n) is 3.18. The van der Waals surface area contributed by atoms with Crippen molar-refractivity contribution in [1.82, 2.24) is 9.55 Å². The van der Waals surface area contributed by atoms with Gasteiger partial charge in [-0.05, 0) is 18.2 Å². The molecule has 0 saturated heterocycles. The molecule has 1 aromatic carbocycles. The molecule has 0 N–H and O–H groups in total. The molecule has 0 unspecified atom stereocenters. The molecule has 0 amide bonds. The molecule has 0 fully saturated rings. The number of aromatic nitrogens is 2. The highest BCUT2D eigenvalue weighted by Crippen LogP contribution is 2.30. The van der Waals surface area contributed by atoms with Crippen molar-refractivity contribution in [3.8, 4) is 6.07 Å². The second kappa shape index (κ2) is 4.73. The average molecular weight is 294 g/mol. The van der Waals surface area contributed by atoms with Crippen molar-refractivity contribution in [2.75, 3.05) is 0 Å². The molecule has 0 spiro atoms. The maximum Gasteiger partial charge on any atom is 0.172 e. The third kappa shape index (κ3) is 2.29. The van der Waals surface area contributed by atoms with Gasteiger partial charge >= 0.3 is 0 Å². The Kier molecular flexibility index (Phi) is 3.32. The van der Waals surface area contributed by atoms with Crippen LogP contribution in [0.3, 0.4) is 0 Å². The fourth-order valence-electron chi connectivity index (χ4n) is 1.22. The maximum absolute atomic E-state index is 9.00. The molecule has 5 heteroatoms. The lowest BCUT2D eigenvalue weighted by atomic mass is 10.2. The summed E-state index contributed by atoms with van der Waals surface area (Å²) in [6.07, 6.45) is 3.62. The van der Waals surface area contributed by atoms with Gasteiger partial charge in [-0.15, -0.1) is 0 Å². The highest BCUT2D eigenvalue weighted by atomic mass is 79.9. The van der Waals surface area contributed by atoms with E-state index in [2.05, 4.69) is 27.0 Å². The topological polar surface area (TPSA) is 41.6 Å². The van der Waals surface area contributed by atoms with Crippen LogP contribution in [0.25, 0.3) is 0 Å². The molecule has 0 saturated carbocycles. The Bertz CT molecular complexity index is 557.